The number of benzene rings is 3. The Kier molecular flexibility index (Phi) is 7.71. The summed E-state index contributed by atoms with van der Waals surface area (Å²) < 4.78 is 25.6. The van der Waals surface area contributed by atoms with Crippen LogP contribution in [0, 0.1) is 12.7 Å². The van der Waals surface area contributed by atoms with Crippen LogP contribution in [0.3, 0.4) is 0 Å². The molecule has 0 radical (unpaired) electrons. The highest BCUT2D eigenvalue weighted by Crippen LogP contribution is 2.43. The summed E-state index contributed by atoms with van der Waals surface area (Å²) in [4.78, 5) is 29.3. The summed E-state index contributed by atoms with van der Waals surface area (Å²) in [6.45, 7) is 5.41. The number of fused-ring (bicyclic) bond motifs is 1. The predicted octanol–water partition coefficient (Wildman–Crippen LogP) is 5.44. The van der Waals surface area contributed by atoms with Gasteiger partial charge in [0.1, 0.15) is 23.3 Å². The van der Waals surface area contributed by atoms with E-state index in [-0.39, 0.29) is 12.0 Å². The zero-order chi connectivity index (χ0) is 27.4. The van der Waals surface area contributed by atoms with Gasteiger partial charge in [-0.3, -0.25) is 4.79 Å². The second-order valence-electron chi connectivity index (χ2n) is 8.64. The number of carboxylic acid groups (broad SMARTS) is 1. The summed E-state index contributed by atoms with van der Waals surface area (Å²) in [5, 5.41) is 14.0. The topological polar surface area (TPSA) is 97.8 Å². The van der Waals surface area contributed by atoms with Crippen molar-refractivity contribution in [1.82, 2.24) is 10.3 Å². The maximum absolute atomic E-state index is 14.3. The molecule has 1 heterocycles. The van der Waals surface area contributed by atoms with E-state index in [2.05, 4.69) is 16.9 Å². The number of hydrogen-bond donors (Lipinski definition) is 2. The van der Waals surface area contributed by atoms with E-state index in [0.717, 1.165) is 16.3 Å². The van der Waals surface area contributed by atoms with Crippen molar-refractivity contribution in [3.05, 3.63) is 95.6 Å². The summed E-state index contributed by atoms with van der Waals surface area (Å²) in [5.74, 6) is -1.72. The van der Waals surface area contributed by atoms with Crippen LogP contribution >= 0.6 is 0 Å². The Hall–Kier alpha value is -4.72. The molecule has 0 bridgehead atoms. The minimum atomic E-state index is -1.28. The van der Waals surface area contributed by atoms with Crippen molar-refractivity contribution in [2.45, 2.75) is 19.4 Å². The summed E-state index contributed by atoms with van der Waals surface area (Å²) in [6, 6.07) is 14.2. The number of hydrogen-bond acceptors (Lipinski definition) is 5. The van der Waals surface area contributed by atoms with E-state index in [0.29, 0.717) is 33.9 Å². The van der Waals surface area contributed by atoms with Crippen LogP contribution in [0.15, 0.2) is 67.4 Å². The molecule has 0 aliphatic rings. The molecule has 0 aliphatic carbocycles. The maximum atomic E-state index is 14.3. The van der Waals surface area contributed by atoms with Crippen molar-refractivity contribution in [2.24, 2.45) is 0 Å². The molecule has 1 aromatic heterocycles. The number of nitrogens with zero attached hydrogens (tertiary/aromatic N) is 1. The van der Waals surface area contributed by atoms with Gasteiger partial charge in [-0.2, -0.15) is 0 Å². The second-order valence-corrected chi connectivity index (χ2v) is 8.64. The van der Waals surface area contributed by atoms with Crippen LogP contribution in [-0.4, -0.2) is 42.2 Å². The molecule has 2 N–H and O–H groups in total. The minimum absolute atomic E-state index is 0.0160. The molecule has 1 atom stereocenters. The Morgan fingerprint density at radius 3 is 2.45 bits per heavy atom. The molecule has 0 saturated heterocycles. The summed E-state index contributed by atoms with van der Waals surface area (Å²) in [7, 11) is 3.09. The van der Waals surface area contributed by atoms with Crippen molar-refractivity contribution in [1.29, 1.82) is 0 Å². The Morgan fingerprint density at radius 2 is 1.79 bits per heavy atom. The Labute approximate surface area is 219 Å². The number of methoxy groups -OCH3 is 2. The first-order valence-corrected chi connectivity index (χ1v) is 11.8. The molecule has 0 spiro atoms. The molecule has 0 aliphatic heterocycles. The number of aliphatic carboxylic acids is 1. The van der Waals surface area contributed by atoms with Gasteiger partial charge in [-0.05, 0) is 46.5 Å². The van der Waals surface area contributed by atoms with Crippen LogP contribution in [0.1, 0.15) is 27.2 Å². The third-order valence-electron chi connectivity index (χ3n) is 6.40. The number of carbonyl (C=O) groups excluding carboxylic acids is 1. The lowest BCUT2D eigenvalue weighted by atomic mass is 9.92. The number of pyridine rings is 1. The van der Waals surface area contributed by atoms with Crippen molar-refractivity contribution in [2.75, 3.05) is 14.2 Å². The number of nitrogens with one attached hydrogen (secondary N) is 1. The first kappa shape index (κ1) is 26.3. The number of aromatic nitrogens is 1. The third kappa shape index (κ3) is 4.93. The standard InChI is InChI=1S/C30H27FN2O5/c1-5-23-28(38-4)27(25(37-3)16-32-23)21-13-8-11-19-18(10-7-12-20(19)21)15-24(30(35)36)33-29(34)26-17(2)9-6-14-22(26)31/h5-14,16,24H,1,15H2,2-4H3,(H,33,34)(H,35,36)/t24-/m0/s1. The lowest BCUT2D eigenvalue weighted by Crippen LogP contribution is -2.42. The third-order valence-corrected chi connectivity index (χ3v) is 6.40. The van der Waals surface area contributed by atoms with E-state index >= 15 is 0 Å². The Balaban J connectivity index is 1.78. The van der Waals surface area contributed by atoms with E-state index in [9.17, 15) is 19.1 Å². The first-order valence-electron chi connectivity index (χ1n) is 11.8. The van der Waals surface area contributed by atoms with Gasteiger partial charge in [0.05, 0.1) is 31.5 Å². The van der Waals surface area contributed by atoms with Crippen molar-refractivity contribution >= 4 is 28.7 Å². The van der Waals surface area contributed by atoms with Gasteiger partial charge in [0.15, 0.2) is 5.75 Å². The number of amides is 1. The first-order chi connectivity index (χ1) is 18.3. The smallest absolute Gasteiger partial charge is 0.326 e. The molecule has 194 valence electrons. The van der Waals surface area contributed by atoms with Gasteiger partial charge >= 0.3 is 5.97 Å². The minimum Gasteiger partial charge on any atom is -0.494 e. The summed E-state index contributed by atoms with van der Waals surface area (Å²) in [6.07, 6.45) is 3.17. The number of carboxylic acids is 1. The largest absolute Gasteiger partial charge is 0.494 e. The fourth-order valence-corrected chi connectivity index (χ4v) is 4.59. The normalized spacial score (nSPS) is 11.6. The number of carbonyl (C=O) groups is 2. The molecule has 38 heavy (non-hydrogen) atoms. The Bertz CT molecular complexity index is 1530. The molecule has 0 saturated carbocycles. The van der Waals surface area contributed by atoms with Gasteiger partial charge in [0.25, 0.3) is 5.91 Å². The molecule has 7 nitrogen and oxygen atoms in total. The van der Waals surface area contributed by atoms with E-state index in [1.165, 1.54) is 12.1 Å². The second kappa shape index (κ2) is 11.1. The van der Waals surface area contributed by atoms with E-state index in [1.807, 2.05) is 30.3 Å². The average Bonchev–Trinajstić information content (AvgIpc) is 2.91. The lowest BCUT2D eigenvalue weighted by Gasteiger charge is -2.19. The summed E-state index contributed by atoms with van der Waals surface area (Å²) in [5.41, 5.74) is 2.96. The molecule has 1 amide bonds. The fraction of sp³-hybridized carbons (Fsp3) is 0.167. The molecular formula is C30H27FN2O5. The number of ether oxygens (including phenoxy) is 2. The highest BCUT2D eigenvalue weighted by atomic mass is 19.1. The molecule has 0 unspecified atom stereocenters. The van der Waals surface area contributed by atoms with Crippen molar-refractivity contribution in [3.63, 3.8) is 0 Å². The highest BCUT2D eigenvalue weighted by Gasteiger charge is 2.25. The van der Waals surface area contributed by atoms with Crippen molar-refractivity contribution < 1.29 is 28.6 Å². The van der Waals surface area contributed by atoms with Gasteiger partial charge in [-0.1, -0.05) is 55.1 Å². The van der Waals surface area contributed by atoms with E-state index in [1.54, 1.807) is 45.5 Å². The van der Waals surface area contributed by atoms with Crippen LogP contribution in [0.4, 0.5) is 4.39 Å². The Morgan fingerprint density at radius 1 is 1.08 bits per heavy atom. The average molecular weight is 515 g/mol. The number of halogens is 1. The van der Waals surface area contributed by atoms with Gasteiger partial charge < -0.3 is 19.9 Å². The predicted molar refractivity (Wildman–Crippen MR) is 144 cm³/mol. The monoisotopic (exact) mass is 514 g/mol. The van der Waals surface area contributed by atoms with Gasteiger partial charge in [0, 0.05) is 6.42 Å². The zero-order valence-corrected chi connectivity index (χ0v) is 21.2. The van der Waals surface area contributed by atoms with E-state index in [4.69, 9.17) is 9.47 Å². The SMILES string of the molecule is C=Cc1ncc(OC)c(-c2cccc3c(C[C@H](NC(=O)c4c(C)cccc4F)C(=O)O)cccc23)c1OC. The molecular weight excluding hydrogens is 487 g/mol. The maximum Gasteiger partial charge on any atom is 0.326 e. The highest BCUT2D eigenvalue weighted by molar-refractivity contribution is 6.02. The van der Waals surface area contributed by atoms with Crippen LogP contribution in [0.2, 0.25) is 0 Å². The lowest BCUT2D eigenvalue weighted by molar-refractivity contribution is -0.139. The number of rotatable bonds is 9. The zero-order valence-electron chi connectivity index (χ0n) is 21.2. The molecule has 4 rings (SSSR count). The van der Waals surface area contributed by atoms with Crippen LogP contribution in [0.5, 0.6) is 11.5 Å². The van der Waals surface area contributed by atoms with Crippen molar-refractivity contribution in [3.8, 4) is 22.6 Å². The quantitative estimate of drug-likeness (QED) is 0.309. The molecule has 0 fully saturated rings. The van der Waals surface area contributed by atoms with E-state index < -0.39 is 23.7 Å². The van der Waals surface area contributed by atoms with Crippen LogP contribution in [0.25, 0.3) is 28.0 Å². The number of aryl methyl sites for hydroxylation is 1. The van der Waals surface area contributed by atoms with Gasteiger partial charge in [-0.15, -0.1) is 0 Å². The van der Waals surface area contributed by atoms with Gasteiger partial charge in [-0.25, -0.2) is 14.2 Å². The molecule has 3 aromatic carbocycles. The fourth-order valence-electron chi connectivity index (χ4n) is 4.59. The molecule has 8 heteroatoms. The van der Waals surface area contributed by atoms with Crippen LogP contribution < -0.4 is 14.8 Å². The van der Waals surface area contributed by atoms with Gasteiger partial charge in [0.2, 0.25) is 0 Å². The van der Waals surface area contributed by atoms with Crippen LogP contribution in [-0.2, 0) is 11.2 Å². The molecule has 4 aromatic rings. The summed E-state index contributed by atoms with van der Waals surface area (Å²) >= 11 is 0.